The number of aromatic nitrogens is 4. The van der Waals surface area contributed by atoms with Crippen LogP contribution in [0, 0.1) is 0 Å². The highest BCUT2D eigenvalue weighted by Gasteiger charge is 2.12. The summed E-state index contributed by atoms with van der Waals surface area (Å²) in [5.74, 6) is 0.520. The standard InChI is InChI=1S/C12H14N4O/c1-3-8(2)10-12(17)14-11(16-15-10)9-6-4-5-7-13-9/h4-8H,3H2,1-2H3,(H,14,16,17). The first-order chi connectivity index (χ1) is 8.22. The molecule has 0 aliphatic carbocycles. The molecule has 0 aliphatic rings. The monoisotopic (exact) mass is 230 g/mol. The molecular formula is C12H14N4O. The lowest BCUT2D eigenvalue weighted by Crippen LogP contribution is -2.19. The minimum atomic E-state index is -0.185. The van der Waals surface area contributed by atoms with E-state index >= 15 is 0 Å². The summed E-state index contributed by atoms with van der Waals surface area (Å²) in [4.78, 5) is 18.7. The van der Waals surface area contributed by atoms with Crippen molar-refractivity contribution in [2.24, 2.45) is 0 Å². The van der Waals surface area contributed by atoms with E-state index in [1.165, 1.54) is 0 Å². The van der Waals surface area contributed by atoms with Gasteiger partial charge in [0, 0.05) is 12.1 Å². The molecule has 0 amide bonds. The van der Waals surface area contributed by atoms with E-state index in [2.05, 4.69) is 20.2 Å². The number of H-pyrrole nitrogens is 1. The van der Waals surface area contributed by atoms with Crippen molar-refractivity contribution >= 4 is 0 Å². The second kappa shape index (κ2) is 4.86. The Morgan fingerprint density at radius 3 is 2.76 bits per heavy atom. The molecule has 88 valence electrons. The molecule has 0 fully saturated rings. The van der Waals surface area contributed by atoms with Crippen molar-refractivity contribution in [2.45, 2.75) is 26.2 Å². The van der Waals surface area contributed by atoms with Crippen LogP contribution in [0.25, 0.3) is 11.5 Å². The average molecular weight is 230 g/mol. The Labute approximate surface area is 99.0 Å². The minimum Gasteiger partial charge on any atom is -0.302 e. The zero-order valence-corrected chi connectivity index (χ0v) is 9.84. The fourth-order valence-corrected chi connectivity index (χ4v) is 1.48. The molecule has 17 heavy (non-hydrogen) atoms. The van der Waals surface area contributed by atoms with Gasteiger partial charge >= 0.3 is 0 Å². The molecule has 2 aromatic rings. The first-order valence-corrected chi connectivity index (χ1v) is 5.60. The molecule has 1 N–H and O–H groups in total. The molecule has 0 spiro atoms. The Balaban J connectivity index is 2.42. The molecule has 2 heterocycles. The van der Waals surface area contributed by atoms with Crippen LogP contribution in [0.5, 0.6) is 0 Å². The summed E-state index contributed by atoms with van der Waals surface area (Å²) in [7, 11) is 0. The highest BCUT2D eigenvalue weighted by atomic mass is 16.1. The van der Waals surface area contributed by atoms with Crippen LogP contribution in [0.15, 0.2) is 29.2 Å². The molecule has 2 aromatic heterocycles. The molecule has 5 nitrogen and oxygen atoms in total. The molecule has 5 heteroatoms. The molecule has 1 unspecified atom stereocenters. The lowest BCUT2D eigenvalue weighted by atomic mass is 10.1. The smallest absolute Gasteiger partial charge is 0.273 e. The quantitative estimate of drug-likeness (QED) is 0.871. The third kappa shape index (κ3) is 2.38. The highest BCUT2D eigenvalue weighted by molar-refractivity contribution is 5.46. The molecule has 0 saturated carbocycles. The van der Waals surface area contributed by atoms with Crippen molar-refractivity contribution in [3.05, 3.63) is 40.4 Å². The third-order valence-electron chi connectivity index (χ3n) is 2.71. The number of nitrogens with zero attached hydrogens (tertiary/aromatic N) is 3. The number of nitrogens with one attached hydrogen (secondary N) is 1. The zero-order chi connectivity index (χ0) is 12.3. The van der Waals surface area contributed by atoms with Gasteiger partial charge in [-0.1, -0.05) is 19.9 Å². The van der Waals surface area contributed by atoms with Crippen molar-refractivity contribution < 1.29 is 0 Å². The van der Waals surface area contributed by atoms with E-state index in [1.54, 1.807) is 12.3 Å². The van der Waals surface area contributed by atoms with E-state index in [9.17, 15) is 4.79 Å². The number of hydrogen-bond acceptors (Lipinski definition) is 4. The maximum Gasteiger partial charge on any atom is 0.273 e. The van der Waals surface area contributed by atoms with E-state index in [0.717, 1.165) is 6.42 Å². The number of hydrogen-bond donors (Lipinski definition) is 1. The Hall–Kier alpha value is -2.04. The van der Waals surface area contributed by atoms with E-state index in [4.69, 9.17) is 0 Å². The molecule has 1 atom stereocenters. The van der Waals surface area contributed by atoms with Crippen molar-refractivity contribution in [3.8, 4) is 11.5 Å². The van der Waals surface area contributed by atoms with Crippen LogP contribution in [0.3, 0.4) is 0 Å². The van der Waals surface area contributed by atoms with Gasteiger partial charge in [0.15, 0.2) is 5.82 Å². The van der Waals surface area contributed by atoms with Gasteiger partial charge in [-0.25, -0.2) is 0 Å². The lowest BCUT2D eigenvalue weighted by molar-refractivity contribution is 0.672. The highest BCUT2D eigenvalue weighted by Crippen LogP contribution is 2.12. The molecular weight excluding hydrogens is 216 g/mol. The van der Waals surface area contributed by atoms with Crippen LogP contribution in [-0.2, 0) is 0 Å². The van der Waals surface area contributed by atoms with Crippen LogP contribution in [0.2, 0.25) is 0 Å². The Bertz CT molecular complexity index is 550. The van der Waals surface area contributed by atoms with Gasteiger partial charge in [0.1, 0.15) is 11.4 Å². The predicted octanol–water partition coefficient (Wildman–Crippen LogP) is 1.74. The van der Waals surface area contributed by atoms with E-state index in [1.807, 2.05) is 26.0 Å². The second-order valence-electron chi connectivity index (χ2n) is 3.91. The maximum absolute atomic E-state index is 11.8. The summed E-state index contributed by atoms with van der Waals surface area (Å²) in [6.07, 6.45) is 2.51. The van der Waals surface area contributed by atoms with E-state index < -0.39 is 0 Å². The van der Waals surface area contributed by atoms with Crippen molar-refractivity contribution in [3.63, 3.8) is 0 Å². The summed E-state index contributed by atoms with van der Waals surface area (Å²) >= 11 is 0. The normalized spacial score (nSPS) is 12.4. The van der Waals surface area contributed by atoms with Gasteiger partial charge < -0.3 is 4.98 Å². The Morgan fingerprint density at radius 2 is 2.18 bits per heavy atom. The van der Waals surface area contributed by atoms with Gasteiger partial charge in [-0.15, -0.1) is 10.2 Å². The summed E-state index contributed by atoms with van der Waals surface area (Å²) in [6, 6.07) is 5.43. The lowest BCUT2D eigenvalue weighted by Gasteiger charge is -2.06. The summed E-state index contributed by atoms with van der Waals surface area (Å²) in [5, 5.41) is 8.00. The van der Waals surface area contributed by atoms with Crippen LogP contribution >= 0.6 is 0 Å². The summed E-state index contributed by atoms with van der Waals surface area (Å²) in [5.41, 5.74) is 0.912. The summed E-state index contributed by atoms with van der Waals surface area (Å²) < 4.78 is 0. The molecule has 0 radical (unpaired) electrons. The number of aromatic amines is 1. The van der Waals surface area contributed by atoms with Gasteiger partial charge in [-0.2, -0.15) is 0 Å². The van der Waals surface area contributed by atoms with Crippen LogP contribution < -0.4 is 5.56 Å². The van der Waals surface area contributed by atoms with E-state index in [-0.39, 0.29) is 11.5 Å². The Morgan fingerprint density at radius 1 is 1.35 bits per heavy atom. The number of pyridine rings is 1. The van der Waals surface area contributed by atoms with Gasteiger partial charge in [0.25, 0.3) is 5.56 Å². The Kier molecular flexibility index (Phi) is 3.27. The molecule has 2 rings (SSSR count). The van der Waals surface area contributed by atoms with Crippen molar-refractivity contribution in [1.29, 1.82) is 0 Å². The van der Waals surface area contributed by atoms with Crippen molar-refractivity contribution in [1.82, 2.24) is 20.2 Å². The molecule has 0 bridgehead atoms. The van der Waals surface area contributed by atoms with Gasteiger partial charge in [-0.3, -0.25) is 9.78 Å². The van der Waals surface area contributed by atoms with Crippen LogP contribution in [0.4, 0.5) is 0 Å². The minimum absolute atomic E-state index is 0.115. The average Bonchev–Trinajstić information content (AvgIpc) is 2.39. The van der Waals surface area contributed by atoms with E-state index in [0.29, 0.717) is 17.2 Å². The first-order valence-electron chi connectivity index (χ1n) is 5.60. The predicted molar refractivity (Wildman–Crippen MR) is 64.6 cm³/mol. The fourth-order valence-electron chi connectivity index (χ4n) is 1.48. The van der Waals surface area contributed by atoms with Crippen LogP contribution in [0.1, 0.15) is 31.9 Å². The van der Waals surface area contributed by atoms with Gasteiger partial charge in [-0.05, 0) is 18.6 Å². The van der Waals surface area contributed by atoms with Gasteiger partial charge in [0.05, 0.1) is 0 Å². The van der Waals surface area contributed by atoms with Crippen molar-refractivity contribution in [2.75, 3.05) is 0 Å². The first kappa shape index (κ1) is 11.4. The zero-order valence-electron chi connectivity index (χ0n) is 9.84. The summed E-state index contributed by atoms with van der Waals surface area (Å²) in [6.45, 7) is 3.97. The van der Waals surface area contributed by atoms with Crippen LogP contribution in [-0.4, -0.2) is 20.2 Å². The largest absolute Gasteiger partial charge is 0.302 e. The SMILES string of the molecule is CCC(C)c1nnc(-c2ccccn2)[nH]c1=O. The van der Waals surface area contributed by atoms with Gasteiger partial charge in [0.2, 0.25) is 0 Å². The topological polar surface area (TPSA) is 71.5 Å². The molecule has 0 aliphatic heterocycles. The fraction of sp³-hybridized carbons (Fsp3) is 0.333. The third-order valence-corrected chi connectivity index (χ3v) is 2.71. The maximum atomic E-state index is 11.8. The second-order valence-corrected chi connectivity index (χ2v) is 3.91. The molecule has 0 saturated heterocycles. The molecule has 0 aromatic carbocycles. The number of rotatable bonds is 3.